The van der Waals surface area contributed by atoms with Gasteiger partial charge in [0.1, 0.15) is 5.82 Å². The van der Waals surface area contributed by atoms with Crippen molar-refractivity contribution in [1.82, 2.24) is 24.9 Å². The average Bonchev–Trinajstić information content (AvgIpc) is 3.39. The number of carbonyl (C=O) groups excluding carboxylic acids is 2. The van der Waals surface area contributed by atoms with Gasteiger partial charge in [0.2, 0.25) is 0 Å². The van der Waals surface area contributed by atoms with Crippen molar-refractivity contribution in [3.05, 3.63) is 46.9 Å². The van der Waals surface area contributed by atoms with E-state index in [-0.39, 0.29) is 23.7 Å². The van der Waals surface area contributed by atoms with E-state index in [0.717, 1.165) is 50.4 Å². The van der Waals surface area contributed by atoms with Gasteiger partial charge < -0.3 is 19.9 Å². The van der Waals surface area contributed by atoms with Crippen LogP contribution < -0.4 is 5.32 Å². The molecular weight excluding hydrogens is 475 g/mol. The number of piperazine rings is 1. The van der Waals surface area contributed by atoms with Crippen molar-refractivity contribution in [2.75, 3.05) is 38.2 Å². The van der Waals surface area contributed by atoms with Crippen LogP contribution in [-0.2, 0) is 16.8 Å². The summed E-state index contributed by atoms with van der Waals surface area (Å²) in [5.74, 6) is 0.102. The Morgan fingerprint density at radius 3 is 2.68 bits per heavy atom. The summed E-state index contributed by atoms with van der Waals surface area (Å²) in [6.07, 6.45) is 2.21. The smallest absolute Gasteiger partial charge is 0.321 e. The van der Waals surface area contributed by atoms with Gasteiger partial charge in [-0.05, 0) is 64.7 Å². The van der Waals surface area contributed by atoms with E-state index in [1.54, 1.807) is 6.07 Å². The average molecular weight is 513 g/mol. The molecule has 0 spiro atoms. The standard InChI is InChI=1S/C27H37FN6O3/c1-17-14-33(18(2)13-32(17)15-19-8-10-37-11-9-19)26(36)34-16-22-23(27(34,3)4)30-31-24(22)29-25(35)20-6-5-7-21(28)12-20/h5-7,12,17-19H,8-11,13-16H2,1-4H3,(H2,29,30,31,35)/t17-,18-/m0/s1. The van der Waals surface area contributed by atoms with Gasteiger partial charge in [0.25, 0.3) is 5.91 Å². The summed E-state index contributed by atoms with van der Waals surface area (Å²) in [5.41, 5.74) is 1.17. The van der Waals surface area contributed by atoms with Gasteiger partial charge in [-0.1, -0.05) is 6.07 Å². The molecule has 37 heavy (non-hydrogen) atoms. The van der Waals surface area contributed by atoms with Gasteiger partial charge in [-0.2, -0.15) is 5.10 Å². The summed E-state index contributed by atoms with van der Waals surface area (Å²) >= 11 is 0. The third-order valence-electron chi connectivity index (χ3n) is 8.21. The third-order valence-corrected chi connectivity index (χ3v) is 8.21. The maximum Gasteiger partial charge on any atom is 0.321 e. The van der Waals surface area contributed by atoms with Crippen LogP contribution in [0.3, 0.4) is 0 Å². The van der Waals surface area contributed by atoms with Gasteiger partial charge in [0.05, 0.1) is 17.8 Å². The molecule has 2 fully saturated rings. The first-order valence-corrected chi connectivity index (χ1v) is 13.2. The van der Waals surface area contributed by atoms with Crippen molar-refractivity contribution in [1.29, 1.82) is 0 Å². The maximum atomic E-state index is 13.9. The number of nitrogens with one attached hydrogen (secondary N) is 2. The number of benzene rings is 1. The minimum atomic E-state index is -0.622. The van der Waals surface area contributed by atoms with E-state index in [1.165, 1.54) is 18.2 Å². The number of aromatic amines is 1. The van der Waals surface area contributed by atoms with E-state index in [4.69, 9.17) is 4.74 Å². The molecule has 0 unspecified atom stereocenters. The van der Waals surface area contributed by atoms with Crippen LogP contribution in [0, 0.1) is 11.7 Å². The molecule has 2 aromatic rings. The SMILES string of the molecule is C[C@H]1CN(C(=O)N2Cc3c(NC(=O)c4cccc(F)c4)n[nH]c3C2(C)C)[C@@H](C)CN1CC1CCOCC1. The zero-order chi connectivity index (χ0) is 26.3. The van der Waals surface area contributed by atoms with Gasteiger partial charge in [-0.25, -0.2) is 9.18 Å². The molecule has 2 saturated heterocycles. The highest BCUT2D eigenvalue weighted by molar-refractivity contribution is 6.04. The van der Waals surface area contributed by atoms with Crippen LogP contribution in [-0.4, -0.2) is 81.8 Å². The van der Waals surface area contributed by atoms with Crippen LogP contribution in [0.1, 0.15) is 62.2 Å². The molecule has 0 aliphatic carbocycles. The molecule has 3 aliphatic rings. The summed E-state index contributed by atoms with van der Waals surface area (Å²) in [7, 11) is 0. The molecule has 200 valence electrons. The van der Waals surface area contributed by atoms with E-state index < -0.39 is 17.3 Å². The van der Waals surface area contributed by atoms with E-state index in [9.17, 15) is 14.0 Å². The van der Waals surface area contributed by atoms with Gasteiger partial charge in [-0.15, -0.1) is 0 Å². The summed E-state index contributed by atoms with van der Waals surface area (Å²) in [5, 5.41) is 10.1. The zero-order valence-electron chi connectivity index (χ0n) is 22.1. The second-order valence-corrected chi connectivity index (χ2v) is 11.2. The van der Waals surface area contributed by atoms with Crippen molar-refractivity contribution < 1.29 is 18.7 Å². The molecule has 9 nitrogen and oxygen atoms in total. The number of fused-ring (bicyclic) bond motifs is 1. The summed E-state index contributed by atoms with van der Waals surface area (Å²) in [6.45, 7) is 12.9. The summed E-state index contributed by atoms with van der Waals surface area (Å²) in [6, 6.07) is 5.87. The topological polar surface area (TPSA) is 93.8 Å². The van der Waals surface area contributed by atoms with Crippen LogP contribution in [0.25, 0.3) is 0 Å². The number of H-pyrrole nitrogens is 1. The largest absolute Gasteiger partial charge is 0.381 e. The third kappa shape index (κ3) is 4.96. The Balaban J connectivity index is 1.27. The lowest BCUT2D eigenvalue weighted by molar-refractivity contribution is 0.00882. The minimum Gasteiger partial charge on any atom is -0.381 e. The van der Waals surface area contributed by atoms with Crippen molar-refractivity contribution in [3.63, 3.8) is 0 Å². The first-order chi connectivity index (χ1) is 17.6. The Morgan fingerprint density at radius 1 is 1.19 bits per heavy atom. The second kappa shape index (κ2) is 10.1. The number of aromatic nitrogens is 2. The lowest BCUT2D eigenvalue weighted by atomic mass is 9.97. The zero-order valence-corrected chi connectivity index (χ0v) is 22.1. The van der Waals surface area contributed by atoms with E-state index in [1.807, 2.05) is 23.6 Å². The van der Waals surface area contributed by atoms with Crippen LogP contribution in [0.15, 0.2) is 24.3 Å². The number of carbonyl (C=O) groups is 2. The molecule has 0 bridgehead atoms. The molecule has 5 rings (SSSR count). The maximum absolute atomic E-state index is 13.9. The number of ether oxygens (including phenoxy) is 1. The Kier molecular flexibility index (Phi) is 6.97. The highest BCUT2D eigenvalue weighted by Crippen LogP contribution is 2.41. The summed E-state index contributed by atoms with van der Waals surface area (Å²) in [4.78, 5) is 32.9. The van der Waals surface area contributed by atoms with Crippen molar-refractivity contribution in [2.45, 2.75) is 64.7 Å². The van der Waals surface area contributed by atoms with Crippen LogP contribution in [0.2, 0.25) is 0 Å². The fraction of sp³-hybridized carbons (Fsp3) is 0.593. The normalized spacial score (nSPS) is 24.2. The van der Waals surface area contributed by atoms with Gasteiger partial charge in [-0.3, -0.25) is 14.8 Å². The second-order valence-electron chi connectivity index (χ2n) is 11.2. The molecule has 1 aromatic heterocycles. The fourth-order valence-corrected chi connectivity index (χ4v) is 5.87. The first-order valence-electron chi connectivity index (χ1n) is 13.2. The van der Waals surface area contributed by atoms with Gasteiger partial charge in [0.15, 0.2) is 5.82 Å². The van der Waals surface area contributed by atoms with Crippen molar-refractivity contribution >= 4 is 17.8 Å². The lowest BCUT2D eigenvalue weighted by Crippen LogP contribution is -2.62. The van der Waals surface area contributed by atoms with Crippen LogP contribution >= 0.6 is 0 Å². The Bertz CT molecular complexity index is 1160. The predicted octanol–water partition coefficient (Wildman–Crippen LogP) is 3.79. The minimum absolute atomic E-state index is 0.0120. The first kappa shape index (κ1) is 25.7. The van der Waals surface area contributed by atoms with Crippen LogP contribution in [0.5, 0.6) is 0 Å². The number of rotatable bonds is 4. The van der Waals surface area contributed by atoms with Gasteiger partial charge >= 0.3 is 6.03 Å². The number of hydrogen-bond acceptors (Lipinski definition) is 5. The molecule has 4 heterocycles. The number of nitrogens with zero attached hydrogens (tertiary/aromatic N) is 4. The molecule has 2 N–H and O–H groups in total. The number of amides is 3. The molecular formula is C27H37FN6O3. The number of halogens is 1. The van der Waals surface area contributed by atoms with E-state index in [2.05, 4.69) is 34.3 Å². The monoisotopic (exact) mass is 512 g/mol. The Hall–Kier alpha value is -2.98. The van der Waals surface area contributed by atoms with Crippen LogP contribution in [0.4, 0.5) is 15.0 Å². The Labute approximate surface area is 217 Å². The number of urea groups is 1. The number of anilines is 1. The molecule has 3 aliphatic heterocycles. The molecule has 2 atom stereocenters. The van der Waals surface area contributed by atoms with E-state index in [0.29, 0.717) is 24.8 Å². The Morgan fingerprint density at radius 2 is 1.95 bits per heavy atom. The predicted molar refractivity (Wildman–Crippen MR) is 138 cm³/mol. The highest BCUT2D eigenvalue weighted by atomic mass is 19.1. The highest BCUT2D eigenvalue weighted by Gasteiger charge is 2.47. The fourth-order valence-electron chi connectivity index (χ4n) is 5.87. The molecule has 0 saturated carbocycles. The van der Waals surface area contributed by atoms with Crippen molar-refractivity contribution in [3.8, 4) is 0 Å². The summed E-state index contributed by atoms with van der Waals surface area (Å²) < 4.78 is 19.1. The van der Waals surface area contributed by atoms with Crippen molar-refractivity contribution in [2.24, 2.45) is 5.92 Å². The lowest BCUT2D eigenvalue weighted by Gasteiger charge is -2.47. The quantitative estimate of drug-likeness (QED) is 0.650. The molecule has 10 heteroatoms. The van der Waals surface area contributed by atoms with E-state index >= 15 is 0 Å². The molecule has 3 amide bonds. The molecule has 1 aromatic carbocycles. The van der Waals surface area contributed by atoms with Gasteiger partial charge in [0, 0.05) is 56.1 Å². The number of hydrogen-bond donors (Lipinski definition) is 2. The molecule has 0 radical (unpaired) electrons.